The SMILES string of the molecule is CCCCc1nc2c(N)nc3ccccc3c2n1CCOCCNS(=O)(=O)c1ccc(/N=N/c2ccc(N(C)C)cc2)cc1. The first-order valence-electron chi connectivity index (χ1n) is 14.7. The standard InChI is InChI=1S/C32H38N8O3S/c1-4-5-10-29-36-30-31(27-8-6-7-9-28(27)35-32(30)33)40(29)20-22-43-21-19-34-44(41,42)26-17-13-24(14-18-26)38-37-23-11-15-25(16-12-23)39(2)3/h6-9,11-18,34H,4-5,10,19-22H2,1-3H3,(H2,33,35)/b38-37+. The van der Waals surface area contributed by atoms with Crippen molar-refractivity contribution in [2.45, 2.75) is 37.6 Å². The summed E-state index contributed by atoms with van der Waals surface area (Å²) >= 11 is 0. The van der Waals surface area contributed by atoms with E-state index in [-0.39, 0.29) is 18.0 Å². The third-order valence-electron chi connectivity index (χ3n) is 7.24. The fraction of sp³-hybridized carbons (Fsp3) is 0.312. The number of nitrogen functional groups attached to an aromatic ring is 1. The minimum atomic E-state index is -3.71. The molecule has 44 heavy (non-hydrogen) atoms. The van der Waals surface area contributed by atoms with Gasteiger partial charge in [-0.05, 0) is 61.0 Å². The number of fused-ring (bicyclic) bond motifs is 3. The molecule has 2 heterocycles. The zero-order chi connectivity index (χ0) is 31.1. The van der Waals surface area contributed by atoms with Crippen LogP contribution in [0.2, 0.25) is 0 Å². The predicted molar refractivity (Wildman–Crippen MR) is 175 cm³/mol. The van der Waals surface area contributed by atoms with E-state index < -0.39 is 10.0 Å². The molecule has 12 heteroatoms. The molecular formula is C32H38N8O3S. The highest BCUT2D eigenvalue weighted by Gasteiger charge is 2.17. The first-order chi connectivity index (χ1) is 21.3. The van der Waals surface area contributed by atoms with Gasteiger partial charge in [0.15, 0.2) is 5.82 Å². The number of aryl methyl sites for hydroxylation is 1. The molecule has 0 fully saturated rings. The van der Waals surface area contributed by atoms with E-state index in [4.69, 9.17) is 15.5 Å². The van der Waals surface area contributed by atoms with E-state index in [1.54, 1.807) is 12.1 Å². The van der Waals surface area contributed by atoms with Gasteiger partial charge in [0.2, 0.25) is 10.0 Å². The van der Waals surface area contributed by atoms with Gasteiger partial charge in [0.1, 0.15) is 11.3 Å². The molecule has 0 aliphatic carbocycles. The zero-order valence-electron chi connectivity index (χ0n) is 25.3. The summed E-state index contributed by atoms with van der Waals surface area (Å²) in [6.45, 7) is 3.46. The molecule has 0 bridgehead atoms. The Balaban J connectivity index is 1.16. The van der Waals surface area contributed by atoms with Crippen LogP contribution in [0.3, 0.4) is 0 Å². The molecule has 0 aliphatic heterocycles. The van der Waals surface area contributed by atoms with Gasteiger partial charge in [-0.2, -0.15) is 10.2 Å². The molecule has 11 nitrogen and oxygen atoms in total. The van der Waals surface area contributed by atoms with Crippen LogP contribution in [0.25, 0.3) is 21.9 Å². The van der Waals surface area contributed by atoms with Crippen molar-refractivity contribution in [3.8, 4) is 0 Å². The van der Waals surface area contributed by atoms with Crippen LogP contribution in [0.15, 0.2) is 87.9 Å². The van der Waals surface area contributed by atoms with Crippen molar-refractivity contribution in [1.29, 1.82) is 0 Å². The first-order valence-corrected chi connectivity index (χ1v) is 16.1. The molecule has 3 N–H and O–H groups in total. The summed E-state index contributed by atoms with van der Waals surface area (Å²) in [4.78, 5) is 11.5. The highest BCUT2D eigenvalue weighted by atomic mass is 32.2. The number of ether oxygens (including phenoxy) is 1. The molecule has 0 aliphatic rings. The van der Waals surface area contributed by atoms with Gasteiger partial charge in [0.05, 0.1) is 40.5 Å². The smallest absolute Gasteiger partial charge is 0.240 e. The van der Waals surface area contributed by atoms with Crippen molar-refractivity contribution in [3.05, 3.63) is 78.6 Å². The number of hydrogen-bond donors (Lipinski definition) is 2. The summed E-state index contributed by atoms with van der Waals surface area (Å²) in [5.74, 6) is 1.36. The van der Waals surface area contributed by atoms with E-state index in [1.165, 1.54) is 12.1 Å². The lowest BCUT2D eigenvalue weighted by Gasteiger charge is -2.12. The molecule has 2 aromatic heterocycles. The van der Waals surface area contributed by atoms with Crippen molar-refractivity contribution < 1.29 is 13.2 Å². The van der Waals surface area contributed by atoms with Crippen LogP contribution in [0.4, 0.5) is 22.9 Å². The van der Waals surface area contributed by atoms with E-state index in [1.807, 2.05) is 67.5 Å². The molecule has 5 aromatic rings. The largest absolute Gasteiger partial charge is 0.382 e. The van der Waals surface area contributed by atoms with Crippen LogP contribution >= 0.6 is 0 Å². The van der Waals surface area contributed by atoms with Gasteiger partial charge in [-0.25, -0.2) is 23.1 Å². The van der Waals surface area contributed by atoms with Gasteiger partial charge in [-0.15, -0.1) is 0 Å². The fourth-order valence-corrected chi connectivity index (χ4v) is 5.90. The van der Waals surface area contributed by atoms with Crippen molar-refractivity contribution in [2.75, 3.05) is 44.5 Å². The van der Waals surface area contributed by atoms with Gasteiger partial charge in [-0.3, -0.25) is 0 Å². The summed E-state index contributed by atoms with van der Waals surface area (Å²) in [6.07, 6.45) is 2.88. The van der Waals surface area contributed by atoms with E-state index in [0.29, 0.717) is 35.9 Å². The van der Waals surface area contributed by atoms with Crippen LogP contribution in [0.5, 0.6) is 0 Å². The number of nitrogens with zero attached hydrogens (tertiary/aromatic N) is 6. The maximum atomic E-state index is 12.8. The number of nitrogens with two attached hydrogens (primary N) is 1. The Hall–Kier alpha value is -4.39. The van der Waals surface area contributed by atoms with Gasteiger partial charge in [0.25, 0.3) is 0 Å². The lowest BCUT2D eigenvalue weighted by atomic mass is 10.2. The second-order valence-electron chi connectivity index (χ2n) is 10.6. The van der Waals surface area contributed by atoms with Crippen molar-refractivity contribution >= 4 is 54.8 Å². The van der Waals surface area contributed by atoms with Crippen LogP contribution in [0, 0.1) is 0 Å². The maximum absolute atomic E-state index is 12.8. The summed E-state index contributed by atoms with van der Waals surface area (Å²) in [5, 5.41) is 9.44. The molecule has 0 saturated heterocycles. The Morgan fingerprint density at radius 1 is 0.932 bits per heavy atom. The zero-order valence-corrected chi connectivity index (χ0v) is 26.1. The van der Waals surface area contributed by atoms with Gasteiger partial charge in [-0.1, -0.05) is 31.5 Å². The van der Waals surface area contributed by atoms with Gasteiger partial charge >= 0.3 is 0 Å². The minimum Gasteiger partial charge on any atom is -0.382 e. The molecule has 0 unspecified atom stereocenters. The number of anilines is 2. The van der Waals surface area contributed by atoms with Crippen molar-refractivity contribution in [1.82, 2.24) is 19.3 Å². The van der Waals surface area contributed by atoms with Crippen LogP contribution in [-0.2, 0) is 27.7 Å². The quantitative estimate of drug-likeness (QED) is 0.116. The molecule has 0 radical (unpaired) electrons. The number of aromatic nitrogens is 3. The Kier molecular flexibility index (Phi) is 9.83. The topological polar surface area (TPSA) is 140 Å². The van der Waals surface area contributed by atoms with Gasteiger partial charge < -0.3 is 19.9 Å². The average molecular weight is 615 g/mol. The molecule has 0 atom stereocenters. The molecule has 0 spiro atoms. The molecule has 0 amide bonds. The summed E-state index contributed by atoms with van der Waals surface area (Å²) in [7, 11) is 0.237. The summed E-state index contributed by atoms with van der Waals surface area (Å²) < 4.78 is 36.3. The minimum absolute atomic E-state index is 0.139. The van der Waals surface area contributed by atoms with E-state index in [9.17, 15) is 8.42 Å². The van der Waals surface area contributed by atoms with E-state index in [2.05, 4.69) is 31.4 Å². The average Bonchev–Trinajstić information content (AvgIpc) is 3.40. The Morgan fingerprint density at radius 3 is 2.30 bits per heavy atom. The number of nitrogens with one attached hydrogen (secondary N) is 1. The highest BCUT2D eigenvalue weighted by Crippen LogP contribution is 2.29. The normalized spacial score (nSPS) is 12.1. The molecule has 230 valence electrons. The molecular weight excluding hydrogens is 576 g/mol. The lowest BCUT2D eigenvalue weighted by molar-refractivity contribution is 0.131. The molecule has 3 aromatic carbocycles. The number of benzene rings is 3. The second-order valence-corrected chi connectivity index (χ2v) is 12.4. The van der Waals surface area contributed by atoms with Crippen molar-refractivity contribution in [2.24, 2.45) is 10.2 Å². The summed E-state index contributed by atoms with van der Waals surface area (Å²) in [5.41, 5.74) is 11.1. The third-order valence-corrected chi connectivity index (χ3v) is 8.71. The monoisotopic (exact) mass is 614 g/mol. The number of hydrogen-bond acceptors (Lipinski definition) is 9. The molecule has 5 rings (SSSR count). The van der Waals surface area contributed by atoms with Gasteiger partial charge in [0, 0.05) is 44.7 Å². The fourth-order valence-electron chi connectivity index (χ4n) is 4.89. The molecule has 0 saturated carbocycles. The highest BCUT2D eigenvalue weighted by molar-refractivity contribution is 7.89. The maximum Gasteiger partial charge on any atom is 0.240 e. The Labute approximate surface area is 257 Å². The van der Waals surface area contributed by atoms with Crippen LogP contribution in [0.1, 0.15) is 25.6 Å². The Bertz CT molecular complexity index is 1850. The summed E-state index contributed by atoms with van der Waals surface area (Å²) in [6, 6.07) is 21.8. The second kappa shape index (κ2) is 13.9. The van der Waals surface area contributed by atoms with Crippen molar-refractivity contribution in [3.63, 3.8) is 0 Å². The van der Waals surface area contributed by atoms with E-state index >= 15 is 0 Å². The number of para-hydroxylation sites is 1. The lowest BCUT2D eigenvalue weighted by Crippen LogP contribution is -2.27. The Morgan fingerprint density at radius 2 is 1.61 bits per heavy atom. The number of rotatable bonds is 14. The number of azo groups is 1. The first kappa shape index (κ1) is 31.0. The third kappa shape index (κ3) is 7.21. The predicted octanol–water partition coefficient (Wildman–Crippen LogP) is 5.99. The number of imidazole rings is 1. The number of unbranched alkanes of at least 4 members (excludes halogenated alkanes) is 1. The van der Waals surface area contributed by atoms with Crippen LogP contribution < -0.4 is 15.4 Å². The van der Waals surface area contributed by atoms with E-state index in [0.717, 1.165) is 47.2 Å². The number of sulfonamides is 1. The van der Waals surface area contributed by atoms with Crippen LogP contribution in [-0.4, -0.2) is 56.8 Å². The number of pyridine rings is 1.